The second kappa shape index (κ2) is 6.05. The number of fused-ring (bicyclic) bond motifs is 5. The zero-order valence-electron chi connectivity index (χ0n) is 16.4. The first kappa shape index (κ1) is 17.5. The number of nitrogens with zero attached hydrogens (tertiary/aromatic N) is 4. The first-order valence-electron chi connectivity index (χ1n) is 9.29. The first-order chi connectivity index (χ1) is 12.8. The van der Waals surface area contributed by atoms with Crippen molar-refractivity contribution in [3.05, 3.63) is 54.1 Å². The number of aromatic nitrogens is 3. The molecule has 2 heterocycles. The maximum Gasteiger partial charge on any atom is 0.259 e. The third-order valence-electron chi connectivity index (χ3n) is 4.87. The number of hydrogen-bond acceptors (Lipinski definition) is 3. The molecule has 138 valence electrons. The molecule has 1 aromatic heterocycles. The SMILES string of the molecule is CC(C)N1C(=O)c2ccccc2-c2nnn(C(C)(C)C)c2-c2ccccc21. The molecule has 27 heavy (non-hydrogen) atoms. The van der Waals surface area contributed by atoms with Crippen LogP contribution in [-0.4, -0.2) is 26.9 Å². The van der Waals surface area contributed by atoms with E-state index in [4.69, 9.17) is 0 Å². The van der Waals surface area contributed by atoms with Crippen LogP contribution in [0.2, 0.25) is 0 Å². The Morgan fingerprint density at radius 3 is 2.11 bits per heavy atom. The first-order valence-corrected chi connectivity index (χ1v) is 9.29. The summed E-state index contributed by atoms with van der Waals surface area (Å²) in [4.78, 5) is 15.4. The van der Waals surface area contributed by atoms with E-state index in [2.05, 4.69) is 37.1 Å². The second-order valence-corrected chi connectivity index (χ2v) is 8.20. The fraction of sp³-hybridized carbons (Fsp3) is 0.318. The van der Waals surface area contributed by atoms with E-state index in [0.29, 0.717) is 5.56 Å². The molecule has 3 aromatic rings. The molecule has 0 atom stereocenters. The molecule has 0 bridgehead atoms. The zero-order valence-corrected chi connectivity index (χ0v) is 16.4. The van der Waals surface area contributed by atoms with Crippen molar-refractivity contribution in [2.75, 3.05) is 4.90 Å². The van der Waals surface area contributed by atoms with Crippen molar-refractivity contribution in [1.29, 1.82) is 0 Å². The lowest BCUT2D eigenvalue weighted by atomic mass is 9.93. The number of hydrogen-bond donors (Lipinski definition) is 0. The fourth-order valence-electron chi connectivity index (χ4n) is 3.69. The number of carbonyl (C=O) groups is 1. The second-order valence-electron chi connectivity index (χ2n) is 8.20. The van der Waals surface area contributed by atoms with Crippen LogP contribution in [0.25, 0.3) is 22.5 Å². The zero-order chi connectivity index (χ0) is 19.3. The number of amides is 1. The van der Waals surface area contributed by atoms with Crippen LogP contribution in [0.4, 0.5) is 5.69 Å². The minimum Gasteiger partial charge on any atom is -0.305 e. The van der Waals surface area contributed by atoms with Gasteiger partial charge in [0.15, 0.2) is 0 Å². The third kappa shape index (κ3) is 2.65. The molecule has 2 aromatic carbocycles. The average Bonchev–Trinajstić information content (AvgIpc) is 3.06. The van der Waals surface area contributed by atoms with Gasteiger partial charge in [0.1, 0.15) is 5.69 Å². The third-order valence-corrected chi connectivity index (χ3v) is 4.87. The number of para-hydroxylation sites is 1. The van der Waals surface area contributed by atoms with Crippen molar-refractivity contribution < 1.29 is 4.79 Å². The minimum atomic E-state index is -0.242. The van der Waals surface area contributed by atoms with Crippen molar-refractivity contribution in [3.63, 3.8) is 0 Å². The normalized spacial score (nSPS) is 13.7. The Balaban J connectivity index is 2.17. The Morgan fingerprint density at radius 2 is 1.48 bits per heavy atom. The van der Waals surface area contributed by atoms with Crippen LogP contribution in [-0.2, 0) is 5.54 Å². The fourth-order valence-corrected chi connectivity index (χ4v) is 3.69. The van der Waals surface area contributed by atoms with Crippen molar-refractivity contribution in [1.82, 2.24) is 15.0 Å². The molecule has 0 saturated carbocycles. The lowest BCUT2D eigenvalue weighted by Gasteiger charge is -2.32. The molecule has 1 amide bonds. The summed E-state index contributed by atoms with van der Waals surface area (Å²) in [6.45, 7) is 10.4. The Hall–Kier alpha value is -2.95. The minimum absolute atomic E-state index is 0.0102. The van der Waals surface area contributed by atoms with Gasteiger partial charge in [0.25, 0.3) is 5.91 Å². The number of anilines is 1. The maximum atomic E-state index is 13.5. The number of carbonyl (C=O) groups excluding carboxylic acids is 1. The van der Waals surface area contributed by atoms with Gasteiger partial charge in [-0.25, -0.2) is 4.68 Å². The molecule has 0 unspecified atom stereocenters. The Kier molecular flexibility index (Phi) is 3.91. The van der Waals surface area contributed by atoms with Gasteiger partial charge < -0.3 is 4.90 Å². The van der Waals surface area contributed by atoms with Crippen LogP contribution in [0.5, 0.6) is 0 Å². The highest BCUT2D eigenvalue weighted by atomic mass is 16.2. The summed E-state index contributed by atoms with van der Waals surface area (Å²) in [6, 6.07) is 15.7. The molecular formula is C22H24N4O. The smallest absolute Gasteiger partial charge is 0.259 e. The standard InChI is InChI=1S/C22H24N4O/c1-14(2)25-18-13-9-8-12-17(18)20-19(23-24-26(20)22(3,4)5)15-10-6-7-11-16(15)21(25)27/h6-14H,1-5H3. The van der Waals surface area contributed by atoms with Gasteiger partial charge in [-0.1, -0.05) is 41.6 Å². The Labute approximate surface area is 159 Å². The summed E-state index contributed by atoms with van der Waals surface area (Å²) >= 11 is 0. The van der Waals surface area contributed by atoms with Crippen LogP contribution in [0.15, 0.2) is 48.5 Å². The van der Waals surface area contributed by atoms with E-state index in [-0.39, 0.29) is 17.5 Å². The van der Waals surface area contributed by atoms with Gasteiger partial charge >= 0.3 is 0 Å². The van der Waals surface area contributed by atoms with E-state index < -0.39 is 0 Å². The molecule has 0 saturated heterocycles. The lowest BCUT2D eigenvalue weighted by molar-refractivity contribution is 0.0981. The molecule has 0 aliphatic carbocycles. The Bertz CT molecular complexity index is 1030. The highest BCUT2D eigenvalue weighted by Crippen LogP contribution is 2.42. The molecule has 0 spiro atoms. The van der Waals surface area contributed by atoms with Crippen LogP contribution in [0.1, 0.15) is 45.0 Å². The van der Waals surface area contributed by atoms with Crippen LogP contribution in [0.3, 0.4) is 0 Å². The maximum absolute atomic E-state index is 13.5. The van der Waals surface area contributed by atoms with E-state index in [9.17, 15) is 4.79 Å². The van der Waals surface area contributed by atoms with E-state index in [1.54, 1.807) is 0 Å². The monoisotopic (exact) mass is 360 g/mol. The summed E-state index contributed by atoms with van der Waals surface area (Å²) in [7, 11) is 0. The van der Waals surface area contributed by atoms with Crippen LogP contribution in [0, 0.1) is 0 Å². The quantitative estimate of drug-likeness (QED) is 0.630. The van der Waals surface area contributed by atoms with E-state index in [0.717, 1.165) is 28.2 Å². The molecule has 5 heteroatoms. The van der Waals surface area contributed by atoms with Gasteiger partial charge in [-0.15, -0.1) is 5.10 Å². The largest absolute Gasteiger partial charge is 0.305 e. The summed E-state index contributed by atoms with van der Waals surface area (Å²) in [5, 5.41) is 8.99. The number of rotatable bonds is 1. The molecule has 4 rings (SSSR count). The van der Waals surface area contributed by atoms with Crippen molar-refractivity contribution in [2.24, 2.45) is 0 Å². The van der Waals surface area contributed by atoms with Gasteiger partial charge in [0.05, 0.1) is 16.9 Å². The molecule has 0 radical (unpaired) electrons. The molecule has 5 nitrogen and oxygen atoms in total. The average molecular weight is 360 g/mol. The van der Waals surface area contributed by atoms with Gasteiger partial charge in [-0.05, 0) is 46.8 Å². The molecule has 1 aliphatic rings. The van der Waals surface area contributed by atoms with Crippen LogP contribution < -0.4 is 4.90 Å². The molecule has 0 fully saturated rings. The van der Waals surface area contributed by atoms with E-state index in [1.165, 1.54) is 0 Å². The predicted molar refractivity (Wildman–Crippen MR) is 108 cm³/mol. The summed E-state index contributed by atoms with van der Waals surface area (Å²) in [6.07, 6.45) is 0. The van der Waals surface area contributed by atoms with Gasteiger partial charge in [0, 0.05) is 22.7 Å². The lowest BCUT2D eigenvalue weighted by Crippen LogP contribution is -2.38. The Morgan fingerprint density at radius 1 is 0.889 bits per heavy atom. The summed E-state index contributed by atoms with van der Waals surface area (Å²) in [5.41, 5.74) is 4.81. The molecule has 1 aliphatic heterocycles. The van der Waals surface area contributed by atoms with Gasteiger partial charge in [-0.3, -0.25) is 4.79 Å². The van der Waals surface area contributed by atoms with Crippen LogP contribution >= 0.6 is 0 Å². The van der Waals surface area contributed by atoms with Crippen molar-refractivity contribution in [2.45, 2.75) is 46.2 Å². The highest BCUT2D eigenvalue weighted by Gasteiger charge is 2.34. The van der Waals surface area contributed by atoms with E-state index in [1.807, 2.05) is 65.9 Å². The molecular weight excluding hydrogens is 336 g/mol. The number of benzene rings is 2. The molecule has 0 N–H and O–H groups in total. The summed E-state index contributed by atoms with van der Waals surface area (Å²) < 4.78 is 1.96. The predicted octanol–water partition coefficient (Wildman–Crippen LogP) is 4.74. The van der Waals surface area contributed by atoms with E-state index >= 15 is 0 Å². The van der Waals surface area contributed by atoms with Gasteiger partial charge in [0.2, 0.25) is 0 Å². The van der Waals surface area contributed by atoms with Gasteiger partial charge in [-0.2, -0.15) is 0 Å². The highest BCUT2D eigenvalue weighted by molar-refractivity contribution is 6.14. The van der Waals surface area contributed by atoms with Crippen molar-refractivity contribution in [3.8, 4) is 22.5 Å². The van der Waals surface area contributed by atoms with Crippen molar-refractivity contribution >= 4 is 11.6 Å². The topological polar surface area (TPSA) is 51.0 Å². The summed E-state index contributed by atoms with van der Waals surface area (Å²) in [5.74, 6) is -0.0102.